The zero-order valence-corrected chi connectivity index (χ0v) is 31.4. The smallest absolute Gasteiger partial charge is 0.308 e. The van der Waals surface area contributed by atoms with E-state index in [0.717, 1.165) is 44.9 Å². The van der Waals surface area contributed by atoms with Crippen molar-refractivity contribution in [3.05, 3.63) is 12.3 Å². The van der Waals surface area contributed by atoms with Gasteiger partial charge in [-0.2, -0.15) is 0 Å². The van der Waals surface area contributed by atoms with Crippen molar-refractivity contribution in [3.8, 4) is 0 Å². The van der Waals surface area contributed by atoms with Gasteiger partial charge in [0.1, 0.15) is 5.76 Å². The van der Waals surface area contributed by atoms with Crippen LogP contribution in [0.2, 0.25) is 0 Å². The number of aliphatic hydroxyl groups is 1. The molecule has 2 aliphatic heterocycles. The van der Waals surface area contributed by atoms with E-state index in [1.165, 1.54) is 32.1 Å². The Kier molecular flexibility index (Phi) is 24.1. The van der Waals surface area contributed by atoms with Crippen LogP contribution >= 0.6 is 64.8 Å². The third kappa shape index (κ3) is 20.1. The molecule has 7 N–H and O–H groups in total. The van der Waals surface area contributed by atoms with Crippen molar-refractivity contribution in [3.63, 3.8) is 0 Å². The third-order valence-corrected chi connectivity index (χ3v) is 21.4. The van der Waals surface area contributed by atoms with Crippen LogP contribution in [0.5, 0.6) is 0 Å². The Bertz CT molecular complexity index is 945. The molecule has 0 aromatic carbocycles. The monoisotopic (exact) mass is 764 g/mol. The van der Waals surface area contributed by atoms with Crippen molar-refractivity contribution in [2.75, 3.05) is 6.54 Å². The molecule has 0 aliphatic carbocycles. The van der Waals surface area contributed by atoms with Gasteiger partial charge in [0.05, 0.1) is 16.5 Å². The van der Waals surface area contributed by atoms with E-state index in [4.69, 9.17) is 5.11 Å². The van der Waals surface area contributed by atoms with Gasteiger partial charge in [-0.15, -0.1) is 0 Å². The van der Waals surface area contributed by atoms with E-state index in [2.05, 4.69) is 17.2 Å². The Balaban J connectivity index is 0. The van der Waals surface area contributed by atoms with Crippen molar-refractivity contribution in [2.24, 2.45) is 5.92 Å². The minimum atomic E-state index is -0.767. The van der Waals surface area contributed by atoms with Crippen LogP contribution in [0.1, 0.15) is 125 Å². The van der Waals surface area contributed by atoms with Gasteiger partial charge in [-0.1, -0.05) is 120 Å². The number of unbranched alkanes of at least 4 members (excludes halogenated alkanes) is 12. The van der Waals surface area contributed by atoms with Gasteiger partial charge in [0.15, 0.2) is 2.74 Å². The van der Waals surface area contributed by atoms with Crippen LogP contribution in [0.4, 0.5) is 0 Å². The molecule has 16 heteroatoms. The molecule has 0 aromatic heterocycles. The minimum absolute atomic E-state index is 0. The molecule has 1 spiro atoms. The number of aliphatic hydroxyl groups excluding tert-OH is 1. The largest absolute Gasteiger partial charge is 0.511 e. The summed E-state index contributed by atoms with van der Waals surface area (Å²) in [6, 6.07) is -0.662. The Labute approximate surface area is 300 Å². The van der Waals surface area contributed by atoms with E-state index in [0.29, 0.717) is 32.2 Å². The summed E-state index contributed by atoms with van der Waals surface area (Å²) >= 11 is 0. The molecule has 2 rings (SSSR count). The fourth-order valence-corrected chi connectivity index (χ4v) is 18.7. The molecule has 2 saturated heterocycles. The van der Waals surface area contributed by atoms with Crippen molar-refractivity contribution in [2.45, 2.75) is 135 Å². The molecule has 0 bridgehead atoms. The van der Waals surface area contributed by atoms with Crippen LogP contribution in [-0.2, 0) is 19.2 Å². The van der Waals surface area contributed by atoms with Crippen LogP contribution in [-0.4, -0.2) is 64.5 Å². The van der Waals surface area contributed by atoms with Gasteiger partial charge in [0, 0.05) is 28.7 Å². The molecule has 0 unspecified atom stereocenters. The standard InChI is InChI=1S/C30H50N2O7S6.H2O.2H2/c1-22(33)24(32-26(35)17-12-10-8-6-4-2-3-5-7-9-11-13-18-27(36)37)19-20-25(34)31-21-15-14-16-23(28(38)39)29-40-42-30(43-41-29)44-45-30;;;/h23-24,29,33H,1-21H2,(H,31,34)(H,32,35)(H,36,37)(H,38,39);1H2;2*1H/t23-,24-;;;/m0.../s1. The van der Waals surface area contributed by atoms with E-state index < -0.39 is 23.9 Å². The second kappa shape index (κ2) is 25.5. The molecule has 0 saturated carbocycles. The first kappa shape index (κ1) is 43.5. The maximum Gasteiger partial charge on any atom is 0.308 e. The van der Waals surface area contributed by atoms with E-state index in [1.807, 2.05) is 21.6 Å². The number of aliphatic carboxylic acids is 2. The average Bonchev–Trinajstić information content (AvgIpc) is 3.75. The molecule has 10 nitrogen and oxygen atoms in total. The Morgan fingerprint density at radius 3 is 1.67 bits per heavy atom. The lowest BCUT2D eigenvalue weighted by molar-refractivity contribution is -0.141. The lowest BCUT2D eigenvalue weighted by Gasteiger charge is -2.27. The molecular formula is C30H56N2O8S6. The first-order chi connectivity index (χ1) is 21.6. The number of hydrogen-bond donors (Lipinski definition) is 5. The molecule has 2 heterocycles. The maximum atomic E-state index is 12.4. The van der Waals surface area contributed by atoms with Crippen LogP contribution in [0, 0.1) is 5.92 Å². The van der Waals surface area contributed by atoms with Crippen LogP contribution < -0.4 is 10.6 Å². The molecule has 270 valence electrons. The predicted molar refractivity (Wildman–Crippen MR) is 203 cm³/mol. The first-order valence-electron chi connectivity index (χ1n) is 16.1. The summed E-state index contributed by atoms with van der Waals surface area (Å²) in [5.41, 5.74) is 0. The number of carbonyl (C=O) groups is 4. The van der Waals surface area contributed by atoms with Gasteiger partial charge in [0.2, 0.25) is 11.8 Å². The average molecular weight is 765 g/mol. The number of hydrogen-bond acceptors (Lipinski definition) is 11. The second-order valence-electron chi connectivity index (χ2n) is 11.5. The quantitative estimate of drug-likeness (QED) is 0.0232. The third-order valence-electron chi connectivity index (χ3n) is 7.56. The fraction of sp³-hybridized carbons (Fsp3) is 0.800. The highest BCUT2D eigenvalue weighted by Crippen LogP contribution is 2.84. The molecule has 2 fully saturated rings. The highest BCUT2D eigenvalue weighted by Gasteiger charge is 2.53. The summed E-state index contributed by atoms with van der Waals surface area (Å²) in [5.74, 6) is -2.37. The maximum absolute atomic E-state index is 12.4. The summed E-state index contributed by atoms with van der Waals surface area (Å²) in [4.78, 5) is 47.0. The Morgan fingerprint density at radius 1 is 0.674 bits per heavy atom. The lowest BCUT2D eigenvalue weighted by Crippen LogP contribution is -2.37. The number of carbonyl (C=O) groups excluding carboxylic acids is 2. The normalized spacial score (nSPS) is 16.6. The molecule has 2 atom stereocenters. The number of carboxylic acid groups (broad SMARTS) is 2. The van der Waals surface area contributed by atoms with E-state index >= 15 is 0 Å². The SMILES string of the molecule is C=C(O)[C@H](CCC(=O)NCCCC[C@@H](C(=O)O)C1SSC2(SS1)SS2)NC(=O)CCCCCCCCCCCCCCC(=O)O.O.[HH].[HH]. The van der Waals surface area contributed by atoms with Crippen molar-refractivity contribution in [1.29, 1.82) is 0 Å². The minimum Gasteiger partial charge on any atom is -0.511 e. The summed E-state index contributed by atoms with van der Waals surface area (Å²) in [5, 5.41) is 33.9. The summed E-state index contributed by atoms with van der Waals surface area (Å²) in [6.45, 7) is 4.02. The molecule has 0 radical (unpaired) electrons. The van der Waals surface area contributed by atoms with Crippen molar-refractivity contribution < 1.29 is 42.8 Å². The van der Waals surface area contributed by atoms with E-state index in [-0.39, 0.29) is 52.5 Å². The fourth-order valence-electron chi connectivity index (χ4n) is 4.84. The number of carboxylic acids is 2. The summed E-state index contributed by atoms with van der Waals surface area (Å²) < 4.78 is 0.166. The van der Waals surface area contributed by atoms with Gasteiger partial charge in [-0.25, -0.2) is 0 Å². The molecular weight excluding hydrogens is 709 g/mol. The van der Waals surface area contributed by atoms with Gasteiger partial charge in [-0.3, -0.25) is 19.2 Å². The highest BCUT2D eigenvalue weighted by molar-refractivity contribution is 9.14. The van der Waals surface area contributed by atoms with Crippen LogP contribution in [0.3, 0.4) is 0 Å². The number of rotatable bonds is 27. The summed E-state index contributed by atoms with van der Waals surface area (Å²) in [7, 11) is 10.5. The Hall–Kier alpha value is -0.520. The van der Waals surface area contributed by atoms with Gasteiger partial charge >= 0.3 is 11.9 Å². The summed E-state index contributed by atoms with van der Waals surface area (Å²) in [6.07, 6.45) is 15.9. The van der Waals surface area contributed by atoms with E-state index in [1.54, 1.807) is 43.2 Å². The topological polar surface area (TPSA) is 185 Å². The molecule has 0 aromatic rings. The number of nitrogens with one attached hydrogen (secondary N) is 2. The van der Waals surface area contributed by atoms with Crippen LogP contribution in [0.25, 0.3) is 0 Å². The molecule has 2 amide bonds. The van der Waals surface area contributed by atoms with Gasteiger partial charge < -0.3 is 31.4 Å². The second-order valence-corrected chi connectivity index (χ2v) is 21.0. The van der Waals surface area contributed by atoms with E-state index in [9.17, 15) is 29.4 Å². The van der Waals surface area contributed by atoms with Crippen molar-refractivity contribution >= 4 is 88.5 Å². The van der Waals surface area contributed by atoms with Crippen molar-refractivity contribution in [1.82, 2.24) is 10.6 Å². The molecule has 46 heavy (non-hydrogen) atoms. The van der Waals surface area contributed by atoms with Gasteiger partial charge in [0.25, 0.3) is 0 Å². The highest BCUT2D eigenvalue weighted by atomic mass is 33.2. The van der Waals surface area contributed by atoms with Crippen LogP contribution in [0.15, 0.2) is 12.3 Å². The zero-order chi connectivity index (χ0) is 32.9. The predicted octanol–water partition coefficient (Wildman–Crippen LogP) is 8.63. The zero-order valence-electron chi connectivity index (χ0n) is 26.5. The van der Waals surface area contributed by atoms with Gasteiger partial charge in [-0.05, 0) is 53.7 Å². The first-order valence-corrected chi connectivity index (χ1v) is 22.6. The Morgan fingerprint density at radius 2 is 1.20 bits per heavy atom. The molecule has 2 aliphatic rings. The lowest BCUT2D eigenvalue weighted by atomic mass is 10.0. The number of amides is 2.